The second-order valence-corrected chi connectivity index (χ2v) is 4.53. The molecule has 0 fully saturated rings. The van der Waals surface area contributed by atoms with Gasteiger partial charge in [-0.1, -0.05) is 13.3 Å². The van der Waals surface area contributed by atoms with E-state index in [0.717, 1.165) is 45.2 Å². The van der Waals surface area contributed by atoms with Gasteiger partial charge in [-0.05, 0) is 44.7 Å². The summed E-state index contributed by atoms with van der Waals surface area (Å²) in [5, 5.41) is 0. The Bertz CT molecular complexity index is 141. The molecule has 0 aromatic rings. The minimum atomic E-state index is 0.108. The first-order valence-electron chi connectivity index (χ1n) is 6.03. The lowest BCUT2D eigenvalue weighted by Gasteiger charge is -2.21. The van der Waals surface area contributed by atoms with Gasteiger partial charge in [0.1, 0.15) is 0 Å². The van der Waals surface area contributed by atoms with Crippen LogP contribution in [0.4, 0.5) is 0 Å². The standard InChI is InChI=1S/C11H28N4/c1-9(8-13)5-6-11(15)10(14)4-2-3-7-12/h9-11H,2-8,12-15H2,1H3. The van der Waals surface area contributed by atoms with Crippen molar-refractivity contribution in [1.29, 1.82) is 0 Å². The summed E-state index contributed by atoms with van der Waals surface area (Å²) in [5.41, 5.74) is 23.0. The zero-order valence-corrected chi connectivity index (χ0v) is 9.99. The second kappa shape index (κ2) is 9.09. The van der Waals surface area contributed by atoms with Crippen LogP contribution >= 0.6 is 0 Å². The predicted octanol–water partition coefficient (Wildman–Crippen LogP) is 0.145. The molecule has 8 N–H and O–H groups in total. The molecular weight excluding hydrogens is 188 g/mol. The van der Waals surface area contributed by atoms with Gasteiger partial charge in [-0.3, -0.25) is 0 Å². The van der Waals surface area contributed by atoms with E-state index in [1.165, 1.54) is 0 Å². The minimum Gasteiger partial charge on any atom is -0.330 e. The number of nitrogens with two attached hydrogens (primary N) is 4. The van der Waals surface area contributed by atoms with Crippen LogP contribution in [0.1, 0.15) is 39.0 Å². The number of hydrogen-bond acceptors (Lipinski definition) is 4. The maximum absolute atomic E-state index is 6.01. The summed E-state index contributed by atoms with van der Waals surface area (Å²) in [4.78, 5) is 0. The van der Waals surface area contributed by atoms with Crippen LogP contribution in [0.2, 0.25) is 0 Å². The zero-order chi connectivity index (χ0) is 11.7. The van der Waals surface area contributed by atoms with E-state index in [2.05, 4.69) is 6.92 Å². The van der Waals surface area contributed by atoms with Crippen molar-refractivity contribution in [2.75, 3.05) is 13.1 Å². The molecule has 92 valence electrons. The molecule has 0 heterocycles. The molecule has 0 aliphatic heterocycles. The van der Waals surface area contributed by atoms with Gasteiger partial charge in [0.05, 0.1) is 0 Å². The van der Waals surface area contributed by atoms with Crippen LogP contribution in [-0.2, 0) is 0 Å². The Labute approximate surface area is 93.7 Å². The SMILES string of the molecule is CC(CN)CCC(N)C(N)CCCCN. The molecule has 0 aliphatic rings. The predicted molar refractivity (Wildman–Crippen MR) is 66.3 cm³/mol. The van der Waals surface area contributed by atoms with Gasteiger partial charge >= 0.3 is 0 Å². The molecule has 0 spiro atoms. The molecule has 3 atom stereocenters. The van der Waals surface area contributed by atoms with Crippen molar-refractivity contribution in [3.63, 3.8) is 0 Å². The zero-order valence-electron chi connectivity index (χ0n) is 9.99. The van der Waals surface area contributed by atoms with Gasteiger partial charge in [0.15, 0.2) is 0 Å². The highest BCUT2D eigenvalue weighted by Gasteiger charge is 2.13. The van der Waals surface area contributed by atoms with Crippen LogP contribution in [0.15, 0.2) is 0 Å². The van der Waals surface area contributed by atoms with E-state index >= 15 is 0 Å². The highest BCUT2D eigenvalue weighted by Crippen LogP contribution is 2.10. The van der Waals surface area contributed by atoms with Crippen LogP contribution < -0.4 is 22.9 Å². The average molecular weight is 216 g/mol. The van der Waals surface area contributed by atoms with E-state index in [1.54, 1.807) is 0 Å². The van der Waals surface area contributed by atoms with Crippen LogP contribution in [0.5, 0.6) is 0 Å². The lowest BCUT2D eigenvalue weighted by atomic mass is 9.95. The summed E-state index contributed by atoms with van der Waals surface area (Å²) < 4.78 is 0. The first kappa shape index (κ1) is 14.8. The molecule has 0 saturated heterocycles. The van der Waals surface area contributed by atoms with Crippen molar-refractivity contribution in [3.8, 4) is 0 Å². The topological polar surface area (TPSA) is 104 Å². The lowest BCUT2D eigenvalue weighted by molar-refractivity contribution is 0.409. The van der Waals surface area contributed by atoms with Crippen molar-refractivity contribution in [2.24, 2.45) is 28.9 Å². The molecule has 0 bridgehead atoms. The van der Waals surface area contributed by atoms with E-state index in [1.807, 2.05) is 0 Å². The summed E-state index contributed by atoms with van der Waals surface area (Å²) in [6, 6.07) is 0.221. The molecule has 0 aliphatic carbocycles. The first-order valence-corrected chi connectivity index (χ1v) is 6.03. The summed E-state index contributed by atoms with van der Waals surface area (Å²) in [6.45, 7) is 3.62. The maximum atomic E-state index is 6.01. The second-order valence-electron chi connectivity index (χ2n) is 4.53. The minimum absolute atomic E-state index is 0.108. The van der Waals surface area contributed by atoms with Gasteiger partial charge in [-0.25, -0.2) is 0 Å². The van der Waals surface area contributed by atoms with Crippen molar-refractivity contribution in [1.82, 2.24) is 0 Å². The number of rotatable bonds is 9. The fourth-order valence-corrected chi connectivity index (χ4v) is 1.55. The van der Waals surface area contributed by atoms with E-state index in [9.17, 15) is 0 Å². The monoisotopic (exact) mass is 216 g/mol. The van der Waals surface area contributed by atoms with E-state index in [0.29, 0.717) is 5.92 Å². The molecular formula is C11H28N4. The maximum Gasteiger partial charge on any atom is 0.0192 e. The van der Waals surface area contributed by atoms with Gasteiger partial charge in [0, 0.05) is 12.1 Å². The van der Waals surface area contributed by atoms with Gasteiger partial charge in [0.2, 0.25) is 0 Å². The summed E-state index contributed by atoms with van der Waals surface area (Å²) >= 11 is 0. The van der Waals surface area contributed by atoms with Crippen molar-refractivity contribution >= 4 is 0 Å². The Hall–Kier alpha value is -0.160. The molecule has 0 rings (SSSR count). The Morgan fingerprint density at radius 2 is 1.47 bits per heavy atom. The quantitative estimate of drug-likeness (QED) is 0.412. The van der Waals surface area contributed by atoms with E-state index in [4.69, 9.17) is 22.9 Å². The average Bonchev–Trinajstić information content (AvgIpc) is 2.25. The molecule has 15 heavy (non-hydrogen) atoms. The molecule has 4 heteroatoms. The van der Waals surface area contributed by atoms with Gasteiger partial charge in [0.25, 0.3) is 0 Å². The lowest BCUT2D eigenvalue weighted by Crippen LogP contribution is -2.41. The fraction of sp³-hybridized carbons (Fsp3) is 1.00. The van der Waals surface area contributed by atoms with Gasteiger partial charge in [-0.15, -0.1) is 0 Å². The third-order valence-corrected chi connectivity index (χ3v) is 2.94. The highest BCUT2D eigenvalue weighted by molar-refractivity contribution is 4.76. The molecule has 0 saturated carbocycles. The van der Waals surface area contributed by atoms with Crippen LogP contribution in [-0.4, -0.2) is 25.2 Å². The van der Waals surface area contributed by atoms with E-state index < -0.39 is 0 Å². The fourth-order valence-electron chi connectivity index (χ4n) is 1.55. The Morgan fingerprint density at radius 1 is 0.867 bits per heavy atom. The van der Waals surface area contributed by atoms with Crippen LogP contribution in [0.25, 0.3) is 0 Å². The Kier molecular flexibility index (Phi) is 9.00. The number of unbranched alkanes of at least 4 members (excludes halogenated alkanes) is 1. The smallest absolute Gasteiger partial charge is 0.0192 e. The summed E-state index contributed by atoms with van der Waals surface area (Å²) in [7, 11) is 0. The highest BCUT2D eigenvalue weighted by atomic mass is 14.8. The van der Waals surface area contributed by atoms with Crippen molar-refractivity contribution < 1.29 is 0 Å². The molecule has 0 aromatic carbocycles. The molecule has 4 nitrogen and oxygen atoms in total. The number of hydrogen-bond donors (Lipinski definition) is 4. The Morgan fingerprint density at radius 3 is 2.00 bits per heavy atom. The van der Waals surface area contributed by atoms with Gasteiger partial charge in [-0.2, -0.15) is 0 Å². The van der Waals surface area contributed by atoms with Crippen molar-refractivity contribution in [3.05, 3.63) is 0 Å². The third-order valence-electron chi connectivity index (χ3n) is 2.94. The normalized spacial score (nSPS) is 17.4. The largest absolute Gasteiger partial charge is 0.330 e. The molecule has 3 unspecified atom stereocenters. The first-order chi connectivity index (χ1) is 7.11. The molecule has 0 radical (unpaired) electrons. The summed E-state index contributed by atoms with van der Waals surface area (Å²) in [5.74, 6) is 0.548. The molecule has 0 amide bonds. The van der Waals surface area contributed by atoms with Gasteiger partial charge < -0.3 is 22.9 Å². The Balaban J connectivity index is 3.54. The van der Waals surface area contributed by atoms with Crippen LogP contribution in [0, 0.1) is 5.92 Å². The van der Waals surface area contributed by atoms with Crippen molar-refractivity contribution in [2.45, 2.75) is 51.1 Å². The van der Waals surface area contributed by atoms with E-state index in [-0.39, 0.29) is 12.1 Å². The summed E-state index contributed by atoms with van der Waals surface area (Å²) in [6.07, 6.45) is 5.15. The van der Waals surface area contributed by atoms with Crippen LogP contribution in [0.3, 0.4) is 0 Å². The third kappa shape index (κ3) is 7.73. The molecule has 0 aromatic heterocycles.